The summed E-state index contributed by atoms with van der Waals surface area (Å²) in [6.45, 7) is 0.385. The number of anilines is 2. The predicted molar refractivity (Wildman–Crippen MR) is 204 cm³/mol. The van der Waals surface area contributed by atoms with Gasteiger partial charge in [-0.2, -0.15) is 0 Å². The zero-order chi connectivity index (χ0) is 39.2. The van der Waals surface area contributed by atoms with Crippen molar-refractivity contribution in [1.29, 1.82) is 0 Å². The Morgan fingerprint density at radius 3 is 1.55 bits per heavy atom. The number of amides is 5. The number of fused-ring (bicyclic) bond motifs is 6. The summed E-state index contributed by atoms with van der Waals surface area (Å²) >= 11 is 0. The van der Waals surface area contributed by atoms with E-state index in [-0.39, 0.29) is 54.9 Å². The smallest absolute Gasteiger partial charge is 0.258 e. The molecular formula is C42H41N5O9. The minimum absolute atomic E-state index is 0.0370. The van der Waals surface area contributed by atoms with Gasteiger partial charge in [0, 0.05) is 52.2 Å². The van der Waals surface area contributed by atoms with Crippen LogP contribution >= 0.6 is 0 Å². The van der Waals surface area contributed by atoms with E-state index < -0.39 is 18.0 Å². The molecule has 4 heterocycles. The van der Waals surface area contributed by atoms with Crippen molar-refractivity contribution in [3.05, 3.63) is 106 Å². The normalized spacial score (nSPS) is 18.4. The molecule has 0 radical (unpaired) electrons. The van der Waals surface area contributed by atoms with Crippen molar-refractivity contribution in [1.82, 2.24) is 15.1 Å². The highest BCUT2D eigenvalue weighted by Gasteiger charge is 2.43. The third-order valence-corrected chi connectivity index (χ3v) is 11.0. The summed E-state index contributed by atoms with van der Waals surface area (Å²) < 4.78 is 23.0. The quantitative estimate of drug-likeness (QED) is 0.254. The van der Waals surface area contributed by atoms with E-state index in [1.807, 2.05) is 48.5 Å². The first-order valence-electron chi connectivity index (χ1n) is 18.3. The molecule has 56 heavy (non-hydrogen) atoms. The minimum atomic E-state index is -0.657. The van der Waals surface area contributed by atoms with Gasteiger partial charge >= 0.3 is 0 Å². The molecular weight excluding hydrogens is 718 g/mol. The van der Waals surface area contributed by atoms with Crippen LogP contribution in [0.2, 0.25) is 0 Å². The van der Waals surface area contributed by atoms with Crippen molar-refractivity contribution in [2.24, 2.45) is 0 Å². The Balaban J connectivity index is 0.914. The van der Waals surface area contributed by atoms with E-state index in [1.54, 1.807) is 48.2 Å². The summed E-state index contributed by atoms with van der Waals surface area (Å²) in [5.41, 5.74) is 5.46. The number of carbonyl (C=O) groups is 5. The van der Waals surface area contributed by atoms with Crippen molar-refractivity contribution in [2.75, 3.05) is 57.9 Å². The van der Waals surface area contributed by atoms with Gasteiger partial charge in [-0.25, -0.2) is 0 Å². The molecule has 0 unspecified atom stereocenters. The van der Waals surface area contributed by atoms with Crippen LogP contribution in [0.15, 0.2) is 72.8 Å². The van der Waals surface area contributed by atoms with E-state index >= 15 is 0 Å². The Bertz CT molecular complexity index is 2290. The molecule has 0 aliphatic carbocycles. The second-order valence-electron chi connectivity index (χ2n) is 14.2. The molecule has 2 atom stereocenters. The van der Waals surface area contributed by atoms with Gasteiger partial charge in [0.25, 0.3) is 17.7 Å². The van der Waals surface area contributed by atoms with Crippen LogP contribution in [0.5, 0.6) is 23.0 Å². The maximum atomic E-state index is 13.9. The van der Waals surface area contributed by atoms with Gasteiger partial charge in [-0.05, 0) is 34.4 Å². The van der Waals surface area contributed by atoms with Crippen LogP contribution in [0.3, 0.4) is 0 Å². The molecule has 8 rings (SSSR count). The van der Waals surface area contributed by atoms with Gasteiger partial charge in [-0.15, -0.1) is 0 Å². The van der Waals surface area contributed by atoms with Crippen molar-refractivity contribution in [3.63, 3.8) is 0 Å². The lowest BCUT2D eigenvalue weighted by molar-refractivity contribution is -0.123. The van der Waals surface area contributed by atoms with Crippen LogP contribution in [0, 0.1) is 0 Å². The summed E-state index contributed by atoms with van der Waals surface area (Å²) in [5.74, 6) is -0.408. The summed E-state index contributed by atoms with van der Waals surface area (Å²) in [7, 11) is 6.17. The van der Waals surface area contributed by atoms with Crippen molar-refractivity contribution < 1.29 is 42.9 Å². The monoisotopic (exact) mass is 759 g/mol. The van der Waals surface area contributed by atoms with Crippen LogP contribution in [-0.4, -0.2) is 99.5 Å². The fourth-order valence-corrected chi connectivity index (χ4v) is 7.99. The fourth-order valence-electron chi connectivity index (χ4n) is 7.99. The largest absolute Gasteiger partial charge is 0.493 e. The summed E-state index contributed by atoms with van der Waals surface area (Å²) in [6, 6.07) is 20.6. The molecule has 0 saturated carbocycles. The lowest BCUT2D eigenvalue weighted by atomic mass is 9.93. The van der Waals surface area contributed by atoms with E-state index in [0.717, 1.165) is 22.3 Å². The van der Waals surface area contributed by atoms with Crippen molar-refractivity contribution in [3.8, 4) is 23.0 Å². The number of rotatable bonds is 9. The van der Waals surface area contributed by atoms with E-state index in [1.165, 1.54) is 24.0 Å². The summed E-state index contributed by atoms with van der Waals surface area (Å²) in [4.78, 5) is 74.2. The number of hydrogen-bond donors (Lipinski definition) is 1. The van der Waals surface area contributed by atoms with Gasteiger partial charge in [-0.3, -0.25) is 24.0 Å². The molecule has 0 saturated heterocycles. The van der Waals surface area contributed by atoms with Crippen LogP contribution < -0.4 is 34.1 Å². The second kappa shape index (κ2) is 14.6. The maximum Gasteiger partial charge on any atom is 0.258 e. The molecule has 4 aliphatic heterocycles. The number of carbonyl (C=O) groups excluding carboxylic acids is 5. The third-order valence-electron chi connectivity index (χ3n) is 11.0. The number of nitrogens with zero attached hydrogens (tertiary/aromatic N) is 4. The van der Waals surface area contributed by atoms with E-state index in [0.29, 0.717) is 59.9 Å². The molecule has 0 spiro atoms. The van der Waals surface area contributed by atoms with Crippen molar-refractivity contribution in [2.45, 2.75) is 38.0 Å². The molecule has 4 aliphatic rings. The second-order valence-corrected chi connectivity index (χ2v) is 14.2. The van der Waals surface area contributed by atoms with Crippen LogP contribution in [0.4, 0.5) is 11.4 Å². The van der Waals surface area contributed by atoms with Crippen LogP contribution in [0.1, 0.15) is 43.0 Å². The molecule has 0 bridgehead atoms. The Hall–Kier alpha value is -6.57. The van der Waals surface area contributed by atoms with Crippen LogP contribution in [-0.2, 0) is 40.3 Å². The molecule has 0 aromatic heterocycles. The Morgan fingerprint density at radius 1 is 0.643 bits per heavy atom. The summed E-state index contributed by atoms with van der Waals surface area (Å²) in [5, 5.41) is 2.75. The molecule has 4 aromatic rings. The molecule has 14 nitrogen and oxygen atoms in total. The molecule has 4 aromatic carbocycles. The highest BCUT2D eigenvalue weighted by molar-refractivity contribution is 6.12. The number of ether oxygens (including phenoxy) is 4. The van der Waals surface area contributed by atoms with Gasteiger partial charge in [0.15, 0.2) is 29.6 Å². The number of nitrogens with one attached hydrogen (secondary N) is 1. The lowest BCUT2D eigenvalue weighted by Gasteiger charge is -2.35. The topological polar surface area (TPSA) is 147 Å². The molecule has 288 valence electrons. The Kier molecular flexibility index (Phi) is 9.48. The van der Waals surface area contributed by atoms with Crippen LogP contribution in [0.25, 0.3) is 0 Å². The first kappa shape index (κ1) is 36.4. The van der Waals surface area contributed by atoms with Gasteiger partial charge in [0.05, 0.1) is 43.3 Å². The number of likely N-dealkylation sites (N-methyl/N-ethyl adjacent to an activating group) is 2. The molecule has 5 amide bonds. The molecule has 1 N–H and O–H groups in total. The average Bonchev–Trinajstić information content (AvgIpc) is 3.34. The highest BCUT2D eigenvalue weighted by Crippen LogP contribution is 2.41. The Morgan fingerprint density at radius 2 is 1.09 bits per heavy atom. The molecule has 0 fully saturated rings. The van der Waals surface area contributed by atoms with Gasteiger partial charge in [0.2, 0.25) is 11.8 Å². The SMILES string of the molecule is COc1cc2c(cc1OCCNC(=O)COc1cc3c(cc1OC)C(=O)N1Cc4ccccc4C[C@H]1C(=O)N3C)N(C)C(=O)[C@@H]1Cc3ccccc3CN1C2=O. The maximum absolute atomic E-state index is 13.9. The fraction of sp³-hybridized carbons (Fsp3) is 0.310. The van der Waals surface area contributed by atoms with Crippen molar-refractivity contribution >= 4 is 40.9 Å². The minimum Gasteiger partial charge on any atom is -0.493 e. The third kappa shape index (κ3) is 6.30. The number of hydrogen-bond acceptors (Lipinski definition) is 9. The first-order valence-corrected chi connectivity index (χ1v) is 18.3. The zero-order valence-corrected chi connectivity index (χ0v) is 31.5. The molecule has 14 heteroatoms. The standard InChI is InChI=1S/C42H41N5O9/c1-44-30-19-36(34(53-3)17-28(30)39(49)46-21-26-11-7-5-9-24(26)15-32(46)41(44)51)55-14-13-43-38(48)23-56-37-20-31-29(18-35(37)54-4)40(50)47-22-27-12-8-6-10-25(27)16-33(47)42(52)45(31)2/h5-12,17-20,32-33H,13-16,21-23H2,1-4H3,(H,43,48)/t32-,33-/m0/s1. The van der Waals surface area contributed by atoms with E-state index in [2.05, 4.69) is 5.32 Å². The summed E-state index contributed by atoms with van der Waals surface area (Å²) in [6.07, 6.45) is 0.835. The highest BCUT2D eigenvalue weighted by atomic mass is 16.5. The zero-order valence-electron chi connectivity index (χ0n) is 31.5. The Labute approximate surface area is 323 Å². The number of methoxy groups -OCH3 is 2. The first-order chi connectivity index (χ1) is 27.1. The predicted octanol–water partition coefficient (Wildman–Crippen LogP) is 3.36. The van der Waals surface area contributed by atoms with E-state index in [9.17, 15) is 24.0 Å². The van der Waals surface area contributed by atoms with Gasteiger partial charge < -0.3 is 43.9 Å². The van der Waals surface area contributed by atoms with Gasteiger partial charge in [-0.1, -0.05) is 48.5 Å². The van der Waals surface area contributed by atoms with Gasteiger partial charge in [0.1, 0.15) is 18.7 Å². The average molecular weight is 760 g/mol. The number of benzene rings is 4. The lowest BCUT2D eigenvalue weighted by Crippen LogP contribution is -2.50. The van der Waals surface area contributed by atoms with E-state index in [4.69, 9.17) is 18.9 Å².